The van der Waals surface area contributed by atoms with Crippen molar-refractivity contribution < 1.29 is 40.4 Å². The minimum absolute atomic E-state index is 0.0946. The molecule has 0 spiro atoms. The van der Waals surface area contributed by atoms with Crippen LogP contribution in [0.5, 0.6) is 0 Å². The van der Waals surface area contributed by atoms with E-state index in [1.54, 1.807) is 16.7 Å². The maximum Gasteiger partial charge on any atom is 0.416 e. The number of benzene rings is 4. The average molecular weight is 766 g/mol. The number of piperazine rings is 1. The van der Waals surface area contributed by atoms with Gasteiger partial charge in [0, 0.05) is 50.5 Å². The van der Waals surface area contributed by atoms with Gasteiger partial charge in [-0.05, 0) is 73.0 Å². The number of rotatable bonds is 15. The predicted octanol–water partition coefficient (Wildman–Crippen LogP) is 6.25. The monoisotopic (exact) mass is 765 g/mol. The lowest BCUT2D eigenvalue weighted by Gasteiger charge is -2.34. The number of carbonyl (C=O) groups is 1. The second-order valence-electron chi connectivity index (χ2n) is 13.1. The van der Waals surface area contributed by atoms with Crippen LogP contribution in [0, 0.1) is 6.92 Å². The number of anilines is 1. The third-order valence-corrected chi connectivity index (χ3v) is 10.2. The van der Waals surface area contributed by atoms with Crippen molar-refractivity contribution in [2.45, 2.75) is 31.0 Å². The van der Waals surface area contributed by atoms with Crippen molar-refractivity contribution in [3.8, 4) is 5.69 Å². The van der Waals surface area contributed by atoms with Crippen molar-refractivity contribution in [3.63, 3.8) is 0 Å². The van der Waals surface area contributed by atoms with Crippen LogP contribution in [-0.2, 0) is 38.7 Å². The van der Waals surface area contributed by atoms with Gasteiger partial charge in [0.2, 0.25) is 5.95 Å². The number of hydrogen-bond acceptors (Lipinski definition) is 8. The first-order valence-electron chi connectivity index (χ1n) is 17.6. The molecule has 11 nitrogen and oxygen atoms in total. The summed E-state index contributed by atoms with van der Waals surface area (Å²) < 4.78 is 85.9. The number of halogens is 3. The highest BCUT2D eigenvalue weighted by Crippen LogP contribution is 2.31. The molecule has 0 aliphatic carbocycles. The zero-order valence-electron chi connectivity index (χ0n) is 29.8. The molecular formula is C39H42F3N5O6S. The summed E-state index contributed by atoms with van der Waals surface area (Å²) in [5, 5.41) is 2.73. The number of alkyl halides is 3. The summed E-state index contributed by atoms with van der Waals surface area (Å²) in [6.07, 6.45) is -4.21. The number of nitrogens with zero attached hydrogens (tertiary/aromatic N) is 4. The Morgan fingerprint density at radius 1 is 0.852 bits per heavy atom. The maximum absolute atomic E-state index is 13.3. The van der Waals surface area contributed by atoms with E-state index < -0.39 is 27.8 Å². The van der Waals surface area contributed by atoms with Crippen LogP contribution in [0.4, 0.5) is 19.1 Å². The second-order valence-corrected chi connectivity index (χ2v) is 14.5. The Labute approximate surface area is 312 Å². The minimum Gasteiger partial charge on any atom is -0.379 e. The lowest BCUT2D eigenvalue weighted by molar-refractivity contribution is -0.137. The van der Waals surface area contributed by atoms with E-state index in [1.165, 1.54) is 18.2 Å². The van der Waals surface area contributed by atoms with Gasteiger partial charge in [0.15, 0.2) is 0 Å². The molecule has 6 rings (SSSR count). The van der Waals surface area contributed by atoms with Crippen molar-refractivity contribution in [1.82, 2.24) is 19.4 Å². The highest BCUT2D eigenvalue weighted by molar-refractivity contribution is 7.85. The Morgan fingerprint density at radius 3 is 2.30 bits per heavy atom. The SMILES string of the molecule is Cc1ccc(S(=O)(=O)O)c(CCOCCOCCN2CCN(Cc3ccc4c(c3)nc(NC(=O)c3cccc(C(F)(F)F)c3)n4-c3ccccc3)CC2)c1. The van der Waals surface area contributed by atoms with Crippen LogP contribution in [0.1, 0.15) is 32.6 Å². The van der Waals surface area contributed by atoms with Crippen LogP contribution in [0.2, 0.25) is 0 Å². The molecule has 0 saturated carbocycles. The summed E-state index contributed by atoms with van der Waals surface area (Å²) in [6.45, 7) is 8.48. The zero-order valence-corrected chi connectivity index (χ0v) is 30.6. The van der Waals surface area contributed by atoms with E-state index >= 15 is 0 Å². The fourth-order valence-electron chi connectivity index (χ4n) is 6.44. The number of hydrogen-bond donors (Lipinski definition) is 2. The van der Waals surface area contributed by atoms with Crippen molar-refractivity contribution in [2.24, 2.45) is 0 Å². The highest BCUT2D eigenvalue weighted by Gasteiger charge is 2.31. The number of imidazole rings is 1. The summed E-state index contributed by atoms with van der Waals surface area (Å²) in [5.41, 5.74) is 3.58. The number of fused-ring (bicyclic) bond motifs is 1. The molecule has 0 bridgehead atoms. The minimum atomic E-state index is -4.57. The van der Waals surface area contributed by atoms with Crippen LogP contribution in [0.15, 0.2) is 95.9 Å². The third-order valence-electron chi connectivity index (χ3n) is 9.22. The smallest absolute Gasteiger partial charge is 0.379 e. The van der Waals surface area contributed by atoms with Crippen molar-refractivity contribution in [1.29, 1.82) is 0 Å². The summed E-state index contributed by atoms with van der Waals surface area (Å²) in [7, 11) is -4.29. The number of nitrogens with one attached hydrogen (secondary N) is 1. The molecule has 0 atom stereocenters. The number of ether oxygens (including phenoxy) is 2. The van der Waals surface area contributed by atoms with Gasteiger partial charge in [-0.25, -0.2) is 4.98 Å². The topological polar surface area (TPSA) is 126 Å². The van der Waals surface area contributed by atoms with Crippen LogP contribution in [0.3, 0.4) is 0 Å². The van der Waals surface area contributed by atoms with Crippen LogP contribution >= 0.6 is 0 Å². The zero-order chi connectivity index (χ0) is 38.3. The number of aryl methyl sites for hydroxylation is 1. The molecule has 1 aliphatic heterocycles. The maximum atomic E-state index is 13.3. The third kappa shape index (κ3) is 10.1. The lowest BCUT2D eigenvalue weighted by atomic mass is 10.1. The number of amides is 1. The number of para-hydroxylation sites is 1. The van der Waals surface area contributed by atoms with E-state index in [9.17, 15) is 30.9 Å². The molecule has 1 aliphatic rings. The average Bonchev–Trinajstić information content (AvgIpc) is 3.49. The van der Waals surface area contributed by atoms with Gasteiger partial charge in [-0.2, -0.15) is 21.6 Å². The number of carbonyl (C=O) groups excluding carboxylic acids is 1. The fraction of sp³-hybridized carbons (Fsp3) is 0.333. The molecule has 1 fully saturated rings. The lowest BCUT2D eigenvalue weighted by Crippen LogP contribution is -2.46. The Kier molecular flexibility index (Phi) is 12.5. The molecule has 15 heteroatoms. The van der Waals surface area contributed by atoms with Crippen LogP contribution in [-0.4, -0.2) is 97.4 Å². The van der Waals surface area contributed by atoms with Crippen molar-refractivity contribution in [2.75, 3.05) is 64.5 Å². The first-order chi connectivity index (χ1) is 25.8. The van der Waals surface area contributed by atoms with Gasteiger partial charge in [0.05, 0.1) is 47.9 Å². The summed E-state index contributed by atoms with van der Waals surface area (Å²) >= 11 is 0. The number of aromatic nitrogens is 2. The van der Waals surface area contributed by atoms with Gasteiger partial charge < -0.3 is 9.47 Å². The standard InChI is InChI=1S/C39H42F3N5O6S/c1-28-10-13-36(54(49,50)51)30(24-28)14-20-52-22-23-53-21-19-45-15-17-46(18-16-45)27-29-11-12-35-34(25-29)43-38(47(35)33-8-3-2-4-9-33)44-37(48)31-6-5-7-32(26-31)39(40,41)42/h2-13,24-26H,14-23,27H2,1H3,(H,43,44,48)(H,49,50,51). The van der Waals surface area contributed by atoms with Gasteiger partial charge in [0.1, 0.15) is 0 Å². The molecule has 0 radical (unpaired) electrons. The summed E-state index contributed by atoms with van der Waals surface area (Å²) in [4.78, 5) is 22.5. The predicted molar refractivity (Wildman–Crippen MR) is 199 cm³/mol. The van der Waals surface area contributed by atoms with E-state index in [-0.39, 0.29) is 16.4 Å². The van der Waals surface area contributed by atoms with Gasteiger partial charge in [-0.3, -0.25) is 29.0 Å². The second kappa shape index (κ2) is 17.2. The van der Waals surface area contributed by atoms with E-state index in [0.717, 1.165) is 67.2 Å². The van der Waals surface area contributed by atoms with E-state index in [4.69, 9.17) is 14.5 Å². The Hall–Kier alpha value is -4.64. The highest BCUT2D eigenvalue weighted by atomic mass is 32.2. The fourth-order valence-corrected chi connectivity index (χ4v) is 7.17. The first kappa shape index (κ1) is 39.1. The van der Waals surface area contributed by atoms with Crippen molar-refractivity contribution >= 4 is 33.0 Å². The van der Waals surface area contributed by atoms with E-state index in [2.05, 4.69) is 15.1 Å². The molecule has 1 aromatic heterocycles. The molecule has 5 aromatic rings. The molecular weight excluding hydrogens is 724 g/mol. The molecule has 0 unspecified atom stereocenters. The van der Waals surface area contributed by atoms with Gasteiger partial charge in [-0.15, -0.1) is 0 Å². The Bertz CT molecular complexity index is 2170. The van der Waals surface area contributed by atoms with Gasteiger partial charge in [-0.1, -0.05) is 48.0 Å². The van der Waals surface area contributed by atoms with E-state index in [1.807, 2.05) is 55.5 Å². The van der Waals surface area contributed by atoms with Crippen LogP contribution in [0.25, 0.3) is 16.7 Å². The van der Waals surface area contributed by atoms with Crippen molar-refractivity contribution in [3.05, 3.63) is 119 Å². The molecule has 2 N–H and O–H groups in total. The molecule has 54 heavy (non-hydrogen) atoms. The first-order valence-corrected chi connectivity index (χ1v) is 19.0. The van der Waals surface area contributed by atoms with Crippen LogP contribution < -0.4 is 5.32 Å². The summed E-state index contributed by atoms with van der Waals surface area (Å²) in [5.74, 6) is -0.492. The largest absolute Gasteiger partial charge is 0.416 e. The molecule has 286 valence electrons. The quantitative estimate of drug-likeness (QED) is 0.0941. The molecule has 2 heterocycles. The van der Waals surface area contributed by atoms with Gasteiger partial charge in [0.25, 0.3) is 16.0 Å². The summed E-state index contributed by atoms with van der Waals surface area (Å²) in [6, 6.07) is 24.4. The molecule has 4 aromatic carbocycles. The Morgan fingerprint density at radius 2 is 1.57 bits per heavy atom. The molecule has 1 saturated heterocycles. The van der Waals surface area contributed by atoms with Gasteiger partial charge >= 0.3 is 6.18 Å². The Balaban J connectivity index is 0.977. The molecule has 1 amide bonds. The normalized spacial score (nSPS) is 14.5. The van der Waals surface area contributed by atoms with E-state index in [0.29, 0.717) is 50.5 Å².